The molecule has 0 aliphatic rings. The number of rotatable bonds is 0. The van der Waals surface area contributed by atoms with E-state index in [9.17, 15) is 0 Å². The van der Waals surface area contributed by atoms with Crippen LogP contribution in [0.15, 0.2) is 32.0 Å². The molecule has 0 aliphatic heterocycles. The molecule has 2 heteroatoms. The van der Waals surface area contributed by atoms with Crippen molar-refractivity contribution in [2.24, 2.45) is 0 Å². The van der Waals surface area contributed by atoms with E-state index in [0.717, 1.165) is 0 Å². The molecule has 0 bridgehead atoms. The smallest absolute Gasteiger partial charge is 0 e. The second-order valence-corrected chi connectivity index (χ2v) is 0.250. The van der Waals surface area contributed by atoms with Crippen LogP contribution in [0.25, 0.3) is 0 Å². The molecule has 0 atom stereocenters. The van der Waals surface area contributed by atoms with Gasteiger partial charge in [-0.2, -0.15) is 0 Å². The highest BCUT2D eigenvalue weighted by atomic mass is 128. The highest BCUT2D eigenvalue weighted by molar-refractivity contribution is 15.0. The van der Waals surface area contributed by atoms with Gasteiger partial charge in [0.2, 0.25) is 0 Å². The maximum absolute atomic E-state index is 3.12. The van der Waals surface area contributed by atoms with Crippen LogP contribution in [0.2, 0.25) is 0 Å². The fraction of sp³-hybridized carbons (Fsp3) is 0. The van der Waals surface area contributed by atoms with Gasteiger partial charge >= 0.3 is 0 Å². The van der Waals surface area contributed by atoms with Crippen LogP contribution in [0, 0.1) is 0 Å². The van der Waals surface area contributed by atoms with Crippen molar-refractivity contribution in [2.75, 3.05) is 0 Å². The highest BCUT2D eigenvalue weighted by Gasteiger charge is 1.00. The van der Waals surface area contributed by atoms with Gasteiger partial charge in [-0.3, -0.25) is 0 Å². The number of halogens is 2. The van der Waals surface area contributed by atoms with E-state index in [2.05, 4.69) is 69.3 Å². The zero-order valence-corrected chi connectivity index (χ0v) is 8.40. The third-order valence-electron chi connectivity index (χ3n) is 0. The van der Waals surface area contributed by atoms with Crippen molar-refractivity contribution in [1.82, 2.24) is 0 Å². The van der Waals surface area contributed by atoms with Crippen molar-refractivity contribution >= 4 is 37.2 Å². The quantitative estimate of drug-likeness (QED) is 0.364. The first-order valence-electron chi connectivity index (χ1n) is 1.35. The Morgan fingerprint density at radius 3 is 1.00 bits per heavy atom. The predicted molar refractivity (Wildman–Crippen MR) is 54.1 cm³/mol. The Hall–Kier alpha value is 0.720. The van der Waals surface area contributed by atoms with Gasteiger partial charge in [0.1, 0.15) is 0 Å². The van der Waals surface area contributed by atoms with E-state index in [1.165, 1.54) is 0 Å². The molecule has 0 aromatic heterocycles. The van der Waals surface area contributed by atoms with E-state index < -0.39 is 0 Å². The van der Waals surface area contributed by atoms with Crippen LogP contribution in [-0.2, 0) is 0 Å². The van der Waals surface area contributed by atoms with Crippen molar-refractivity contribution in [3.8, 4) is 0 Å². The average molecular weight is 322 g/mol. The van der Waals surface area contributed by atoms with Gasteiger partial charge in [0.05, 0.1) is 0 Å². The van der Waals surface area contributed by atoms with Crippen molar-refractivity contribution in [2.45, 2.75) is 0 Å². The summed E-state index contributed by atoms with van der Waals surface area (Å²) in [7, 11) is 0. The van der Waals surface area contributed by atoms with Crippen LogP contribution in [0.4, 0.5) is 0 Å². The molecular formula is C5H8I2. The van der Waals surface area contributed by atoms with Gasteiger partial charge in [-0.25, -0.2) is 0 Å². The van der Waals surface area contributed by atoms with Crippen LogP contribution in [0.5, 0.6) is 0 Å². The standard InChI is InChI=1S/C3H4.C2H4.I2/c1-3-2;2*1-2/h1-2H2;1-2H2;. The largest absolute Gasteiger partial charge is 0.137 e. The zero-order chi connectivity index (χ0) is 6.71. The van der Waals surface area contributed by atoms with E-state index >= 15 is 0 Å². The first-order valence-corrected chi connectivity index (χ1v) is 7.64. The molecule has 0 nitrogen and oxygen atoms in total. The lowest BCUT2D eigenvalue weighted by Crippen LogP contribution is -0.844. The maximum atomic E-state index is 3.12. The molecule has 7 heavy (non-hydrogen) atoms. The predicted octanol–water partition coefficient (Wildman–Crippen LogP) is 3.53. The SMILES string of the molecule is C=C.C=C=C.II. The summed E-state index contributed by atoms with van der Waals surface area (Å²) >= 11 is 4.24. The molecule has 0 saturated carbocycles. The normalized spacial score (nSPS) is 2.57. The van der Waals surface area contributed by atoms with Crippen LogP contribution < -0.4 is 0 Å². The van der Waals surface area contributed by atoms with Gasteiger partial charge in [0, 0.05) is 37.2 Å². The molecule has 0 N–H and O–H groups in total. The summed E-state index contributed by atoms with van der Waals surface area (Å²) in [5, 5.41) is 0. The fourth-order valence-corrected chi connectivity index (χ4v) is 0. The highest BCUT2D eigenvalue weighted by Crippen LogP contribution is 1.89. The molecule has 0 rings (SSSR count). The summed E-state index contributed by atoms with van der Waals surface area (Å²) < 4.78 is 0. The molecule has 0 spiro atoms. The average Bonchev–Trinajstić information content (AvgIpc) is 1.78. The second kappa shape index (κ2) is 74.3. The summed E-state index contributed by atoms with van der Waals surface area (Å²) in [6.07, 6.45) is 0. The molecule has 0 saturated heterocycles. The van der Waals surface area contributed by atoms with Crippen molar-refractivity contribution in [3.05, 3.63) is 32.0 Å². The first-order chi connectivity index (χ1) is 3.41. The first kappa shape index (κ1) is 15.6. The summed E-state index contributed by atoms with van der Waals surface area (Å²) in [6.45, 7) is 12.2. The van der Waals surface area contributed by atoms with Gasteiger partial charge in [0.25, 0.3) is 0 Å². The minimum absolute atomic E-state index is 2.12. The van der Waals surface area contributed by atoms with Crippen LogP contribution in [0.3, 0.4) is 0 Å². The molecule has 0 aromatic rings. The Kier molecular flexibility index (Phi) is 166. The van der Waals surface area contributed by atoms with Crippen molar-refractivity contribution < 1.29 is 0 Å². The molecule has 0 heterocycles. The molecule has 0 amide bonds. The topological polar surface area (TPSA) is 0 Å². The van der Waals surface area contributed by atoms with E-state index in [0.29, 0.717) is 0 Å². The number of hydrogen-bond acceptors (Lipinski definition) is 0. The van der Waals surface area contributed by atoms with Gasteiger partial charge in [-0.05, 0) is 0 Å². The molecule has 0 radical (unpaired) electrons. The molecule has 42 valence electrons. The van der Waals surface area contributed by atoms with Crippen molar-refractivity contribution in [1.29, 1.82) is 0 Å². The van der Waals surface area contributed by atoms with Gasteiger partial charge < -0.3 is 0 Å². The van der Waals surface area contributed by atoms with E-state index in [1.54, 1.807) is 0 Å². The molecule has 0 fully saturated rings. The third kappa shape index (κ3) is 289. The Labute approximate surface area is 68.7 Å². The van der Waals surface area contributed by atoms with Crippen LogP contribution >= 0.6 is 37.2 Å². The Bertz CT molecular complexity index is 35.3. The fourth-order valence-electron chi connectivity index (χ4n) is 0. The Morgan fingerprint density at radius 2 is 1.00 bits per heavy atom. The minimum Gasteiger partial charge on any atom is -0.137 e. The lowest BCUT2D eigenvalue weighted by Gasteiger charge is -1.10. The summed E-state index contributed by atoms with van der Waals surface area (Å²) in [6, 6.07) is 0. The third-order valence-corrected chi connectivity index (χ3v) is 0. The lowest BCUT2D eigenvalue weighted by atomic mass is 11.0. The molecule has 0 aliphatic carbocycles. The molecule has 0 aromatic carbocycles. The van der Waals surface area contributed by atoms with E-state index in [-0.39, 0.29) is 0 Å². The maximum Gasteiger partial charge on any atom is 0 e. The van der Waals surface area contributed by atoms with Gasteiger partial charge in [-0.1, -0.05) is 13.2 Å². The lowest BCUT2D eigenvalue weighted by molar-refractivity contribution is 2.51. The van der Waals surface area contributed by atoms with Crippen LogP contribution in [-0.4, -0.2) is 0 Å². The Balaban J connectivity index is -0.0000000360. The number of hydrogen-bond donors (Lipinski definition) is 0. The van der Waals surface area contributed by atoms with E-state index in [1.807, 2.05) is 0 Å². The minimum atomic E-state index is 2.12. The Morgan fingerprint density at radius 1 is 1.00 bits per heavy atom. The van der Waals surface area contributed by atoms with Crippen molar-refractivity contribution in [3.63, 3.8) is 0 Å². The summed E-state index contributed by atoms with van der Waals surface area (Å²) in [5.74, 6) is 0. The van der Waals surface area contributed by atoms with Gasteiger partial charge in [-0.15, -0.1) is 18.9 Å². The monoisotopic (exact) mass is 322 g/mol. The molecular weight excluding hydrogens is 314 g/mol. The second-order valence-electron chi connectivity index (χ2n) is 0.250. The molecule has 0 unspecified atom stereocenters. The zero-order valence-electron chi connectivity index (χ0n) is 4.08. The van der Waals surface area contributed by atoms with Crippen LogP contribution in [0.1, 0.15) is 0 Å². The van der Waals surface area contributed by atoms with Gasteiger partial charge in [0.15, 0.2) is 0 Å². The summed E-state index contributed by atoms with van der Waals surface area (Å²) in [5.41, 5.74) is 2.25. The van der Waals surface area contributed by atoms with E-state index in [4.69, 9.17) is 0 Å². The summed E-state index contributed by atoms with van der Waals surface area (Å²) in [4.78, 5) is 0.